The van der Waals surface area contributed by atoms with Gasteiger partial charge in [-0.3, -0.25) is 9.97 Å². The summed E-state index contributed by atoms with van der Waals surface area (Å²) in [6, 6.07) is 11.7. The molecular formula is C22H18N4. The summed E-state index contributed by atoms with van der Waals surface area (Å²) < 4.78 is 0. The van der Waals surface area contributed by atoms with Crippen LogP contribution in [0, 0.1) is 0 Å². The maximum atomic E-state index is 4.34. The number of dihydropyridines is 2. The van der Waals surface area contributed by atoms with Crippen LogP contribution in [0.4, 0.5) is 0 Å². The van der Waals surface area contributed by atoms with E-state index in [0.29, 0.717) is 0 Å². The van der Waals surface area contributed by atoms with Crippen molar-refractivity contribution in [1.29, 1.82) is 0 Å². The smallest absolute Gasteiger partial charge is 0.0650 e. The number of hydrogen-bond donors (Lipinski definition) is 2. The molecule has 26 heavy (non-hydrogen) atoms. The van der Waals surface area contributed by atoms with Gasteiger partial charge in [-0.05, 0) is 60.7 Å². The van der Waals surface area contributed by atoms with E-state index in [-0.39, 0.29) is 0 Å². The molecule has 2 aromatic rings. The number of rotatable bonds is 3. The van der Waals surface area contributed by atoms with Crippen LogP contribution in [0.3, 0.4) is 0 Å². The average molecular weight is 338 g/mol. The van der Waals surface area contributed by atoms with E-state index in [1.807, 2.05) is 85.0 Å². The Kier molecular flexibility index (Phi) is 4.56. The Balaban J connectivity index is 1.51. The van der Waals surface area contributed by atoms with E-state index in [1.54, 1.807) is 12.4 Å². The van der Waals surface area contributed by atoms with E-state index in [2.05, 4.69) is 20.6 Å². The Hall–Kier alpha value is -3.66. The van der Waals surface area contributed by atoms with Gasteiger partial charge in [0, 0.05) is 23.8 Å². The number of nitrogens with one attached hydrogen (secondary N) is 2. The Bertz CT molecular complexity index is 880. The normalized spacial score (nSPS) is 18.9. The Morgan fingerprint density at radius 2 is 1.15 bits per heavy atom. The molecule has 0 saturated carbocycles. The van der Waals surface area contributed by atoms with Crippen molar-refractivity contribution in [1.82, 2.24) is 20.6 Å². The van der Waals surface area contributed by atoms with E-state index in [9.17, 15) is 0 Å². The third-order valence-electron chi connectivity index (χ3n) is 3.91. The lowest BCUT2D eigenvalue weighted by Gasteiger charge is -2.21. The highest BCUT2D eigenvalue weighted by Crippen LogP contribution is 2.18. The topological polar surface area (TPSA) is 49.8 Å². The van der Waals surface area contributed by atoms with Crippen molar-refractivity contribution in [2.24, 2.45) is 0 Å². The molecule has 0 aromatic carbocycles. The lowest BCUT2D eigenvalue weighted by molar-refractivity contribution is 0.915. The van der Waals surface area contributed by atoms with Gasteiger partial charge in [0.15, 0.2) is 0 Å². The molecule has 126 valence electrons. The average Bonchev–Trinajstić information content (AvgIpc) is 2.70. The quantitative estimate of drug-likeness (QED) is 0.890. The van der Waals surface area contributed by atoms with Crippen LogP contribution in [0.5, 0.6) is 0 Å². The zero-order chi connectivity index (χ0) is 17.6. The molecule has 0 atom stereocenters. The van der Waals surface area contributed by atoms with Gasteiger partial charge in [0.2, 0.25) is 0 Å². The van der Waals surface area contributed by atoms with Crippen molar-refractivity contribution < 1.29 is 0 Å². The number of aromatic nitrogens is 2. The van der Waals surface area contributed by atoms with Crippen LogP contribution in [0.15, 0.2) is 108 Å². The lowest BCUT2D eigenvalue weighted by Crippen LogP contribution is -2.24. The van der Waals surface area contributed by atoms with Crippen molar-refractivity contribution in [2.75, 3.05) is 0 Å². The van der Waals surface area contributed by atoms with E-state index < -0.39 is 0 Å². The molecular weight excluding hydrogens is 320 g/mol. The minimum Gasteiger partial charge on any atom is -0.354 e. The Labute approximate surface area is 152 Å². The fourth-order valence-electron chi connectivity index (χ4n) is 2.70. The number of allylic oxidation sites excluding steroid dienone is 6. The molecule has 0 bridgehead atoms. The van der Waals surface area contributed by atoms with Gasteiger partial charge in [-0.15, -0.1) is 0 Å². The molecule has 0 saturated heterocycles. The zero-order valence-corrected chi connectivity index (χ0v) is 14.1. The van der Waals surface area contributed by atoms with Gasteiger partial charge in [-0.2, -0.15) is 0 Å². The van der Waals surface area contributed by atoms with E-state index in [4.69, 9.17) is 0 Å². The molecule has 0 spiro atoms. The Morgan fingerprint density at radius 1 is 0.654 bits per heavy atom. The first-order valence-corrected chi connectivity index (χ1v) is 8.43. The monoisotopic (exact) mass is 338 g/mol. The zero-order valence-electron chi connectivity index (χ0n) is 14.1. The SMILES string of the molecule is C1=CC(=Cc2ccccn2)NC(C2=CC=C/C(=C/c3ccccn3)N2)=C1. The predicted octanol–water partition coefficient (Wildman–Crippen LogP) is 3.95. The first-order valence-electron chi connectivity index (χ1n) is 8.43. The maximum Gasteiger partial charge on any atom is 0.0650 e. The minimum atomic E-state index is 0.919. The van der Waals surface area contributed by atoms with Gasteiger partial charge in [0.1, 0.15) is 0 Å². The van der Waals surface area contributed by atoms with Crippen LogP contribution < -0.4 is 10.6 Å². The van der Waals surface area contributed by atoms with Gasteiger partial charge in [0.05, 0.1) is 22.8 Å². The summed E-state index contributed by atoms with van der Waals surface area (Å²) in [6.45, 7) is 0. The minimum absolute atomic E-state index is 0.919. The summed E-state index contributed by atoms with van der Waals surface area (Å²) in [5, 5.41) is 6.89. The second-order valence-corrected chi connectivity index (χ2v) is 5.84. The van der Waals surface area contributed by atoms with E-state index in [0.717, 1.165) is 34.2 Å². The second-order valence-electron chi connectivity index (χ2n) is 5.84. The number of hydrogen-bond acceptors (Lipinski definition) is 4. The molecule has 4 heterocycles. The fourth-order valence-corrected chi connectivity index (χ4v) is 2.70. The summed E-state index contributed by atoms with van der Waals surface area (Å²) in [5.41, 5.74) is 5.84. The molecule has 0 aliphatic carbocycles. The molecule has 2 aliphatic rings. The molecule has 2 aliphatic heterocycles. The second kappa shape index (κ2) is 7.49. The predicted molar refractivity (Wildman–Crippen MR) is 105 cm³/mol. The van der Waals surface area contributed by atoms with Crippen LogP contribution in [0.1, 0.15) is 11.4 Å². The fraction of sp³-hybridized carbons (Fsp3) is 0. The molecule has 4 heteroatoms. The summed E-state index contributed by atoms with van der Waals surface area (Å²) >= 11 is 0. The summed E-state index contributed by atoms with van der Waals surface area (Å²) in [5.74, 6) is 0. The molecule has 2 N–H and O–H groups in total. The van der Waals surface area contributed by atoms with Crippen molar-refractivity contribution >= 4 is 12.2 Å². The molecule has 2 aromatic heterocycles. The van der Waals surface area contributed by atoms with E-state index >= 15 is 0 Å². The third kappa shape index (κ3) is 3.87. The van der Waals surface area contributed by atoms with Crippen LogP contribution in [0.2, 0.25) is 0 Å². The van der Waals surface area contributed by atoms with Gasteiger partial charge in [0.25, 0.3) is 0 Å². The molecule has 0 amide bonds. The third-order valence-corrected chi connectivity index (χ3v) is 3.91. The maximum absolute atomic E-state index is 4.34. The van der Waals surface area contributed by atoms with E-state index in [1.165, 1.54) is 0 Å². The largest absolute Gasteiger partial charge is 0.354 e. The number of pyridine rings is 2. The highest BCUT2D eigenvalue weighted by Gasteiger charge is 2.11. The van der Waals surface area contributed by atoms with Gasteiger partial charge < -0.3 is 10.6 Å². The van der Waals surface area contributed by atoms with Gasteiger partial charge >= 0.3 is 0 Å². The van der Waals surface area contributed by atoms with Gasteiger partial charge in [-0.1, -0.05) is 24.3 Å². The van der Waals surface area contributed by atoms with Crippen molar-refractivity contribution in [3.05, 3.63) is 119 Å². The van der Waals surface area contributed by atoms with Gasteiger partial charge in [-0.25, -0.2) is 0 Å². The summed E-state index contributed by atoms with van der Waals surface area (Å²) in [7, 11) is 0. The molecule has 0 fully saturated rings. The molecule has 4 nitrogen and oxygen atoms in total. The first kappa shape index (κ1) is 15.8. The molecule has 0 unspecified atom stereocenters. The lowest BCUT2D eigenvalue weighted by atomic mass is 10.1. The highest BCUT2D eigenvalue weighted by molar-refractivity contribution is 5.59. The first-order chi connectivity index (χ1) is 12.9. The standard InChI is InChI=1S/C22H18N4/c1-3-13-23-17(7-1)15-19-9-5-11-21(25-19)22-12-6-10-20(26-22)16-18-8-2-4-14-24-18/h1-16,25-26H/b19-15-,20-16?. The molecule has 4 rings (SSSR count). The molecule has 0 radical (unpaired) electrons. The van der Waals surface area contributed by atoms with Crippen LogP contribution in [0.25, 0.3) is 12.2 Å². The van der Waals surface area contributed by atoms with Crippen molar-refractivity contribution in [3.8, 4) is 0 Å². The van der Waals surface area contributed by atoms with Crippen LogP contribution in [-0.2, 0) is 0 Å². The Morgan fingerprint density at radius 3 is 1.58 bits per heavy atom. The van der Waals surface area contributed by atoms with Crippen LogP contribution >= 0.6 is 0 Å². The summed E-state index contributed by atoms with van der Waals surface area (Å²) in [4.78, 5) is 8.68. The van der Waals surface area contributed by atoms with Crippen molar-refractivity contribution in [3.63, 3.8) is 0 Å². The van der Waals surface area contributed by atoms with Crippen LogP contribution in [-0.4, -0.2) is 9.97 Å². The summed E-state index contributed by atoms with van der Waals surface area (Å²) in [6.07, 6.45) is 19.8. The highest BCUT2D eigenvalue weighted by atomic mass is 15.0. The van der Waals surface area contributed by atoms with Crippen molar-refractivity contribution in [2.45, 2.75) is 0 Å². The number of nitrogens with zero attached hydrogens (tertiary/aromatic N) is 2.